The van der Waals surface area contributed by atoms with Crippen molar-refractivity contribution in [1.29, 1.82) is 0 Å². The van der Waals surface area contributed by atoms with Crippen LogP contribution in [-0.4, -0.2) is 69.7 Å². The Morgan fingerprint density at radius 3 is 2.42 bits per heavy atom. The van der Waals surface area contributed by atoms with Crippen LogP contribution in [0.5, 0.6) is 0 Å². The summed E-state index contributed by atoms with van der Waals surface area (Å²) >= 11 is 0. The van der Waals surface area contributed by atoms with E-state index in [1.807, 2.05) is 12.1 Å². The summed E-state index contributed by atoms with van der Waals surface area (Å²) in [6, 6.07) is 7.25. The van der Waals surface area contributed by atoms with Gasteiger partial charge in [0.25, 0.3) is 0 Å². The number of methoxy groups -OCH3 is 1. The lowest BCUT2D eigenvalue weighted by molar-refractivity contribution is 0.0143. The van der Waals surface area contributed by atoms with Gasteiger partial charge in [0.15, 0.2) is 0 Å². The lowest BCUT2D eigenvalue weighted by Gasteiger charge is -2.26. The molecule has 2 heterocycles. The number of hydrogen-bond acceptors (Lipinski definition) is 5. The number of ether oxygens (including phenoxy) is 2. The van der Waals surface area contributed by atoms with Crippen molar-refractivity contribution in [3.63, 3.8) is 0 Å². The molecule has 2 aliphatic heterocycles. The minimum absolute atomic E-state index is 0.0698. The van der Waals surface area contributed by atoms with Crippen LogP contribution < -0.4 is 0 Å². The molecule has 0 radical (unpaired) electrons. The van der Waals surface area contributed by atoms with Crippen molar-refractivity contribution in [2.75, 3.05) is 46.5 Å². The summed E-state index contributed by atoms with van der Waals surface area (Å²) in [6.07, 6.45) is 1.02. The van der Waals surface area contributed by atoms with E-state index in [1.54, 1.807) is 19.2 Å². The zero-order chi connectivity index (χ0) is 17.2. The third kappa shape index (κ3) is 3.81. The molecule has 0 aromatic heterocycles. The van der Waals surface area contributed by atoms with Gasteiger partial charge in [0, 0.05) is 39.8 Å². The molecule has 0 spiro atoms. The molecule has 0 aliphatic carbocycles. The van der Waals surface area contributed by atoms with Crippen LogP contribution in [0.2, 0.25) is 0 Å². The van der Waals surface area contributed by atoms with Gasteiger partial charge in [-0.3, -0.25) is 4.90 Å². The standard InChI is InChI=1S/C17H26N2O4S/c1-17(22-2)7-8-18(14-17)13-15-3-5-16(6-4-15)24(20,21)19-9-11-23-12-10-19/h3-6H,7-14H2,1-2H3. The van der Waals surface area contributed by atoms with E-state index < -0.39 is 10.0 Å². The van der Waals surface area contributed by atoms with Crippen LogP contribution in [-0.2, 0) is 26.0 Å². The molecule has 0 bridgehead atoms. The smallest absolute Gasteiger partial charge is 0.243 e. The first kappa shape index (κ1) is 17.8. The Balaban J connectivity index is 1.65. The average molecular weight is 354 g/mol. The highest BCUT2D eigenvalue weighted by atomic mass is 32.2. The fourth-order valence-corrected chi connectivity index (χ4v) is 4.70. The number of sulfonamides is 1. The number of likely N-dealkylation sites (tertiary alicyclic amines) is 1. The highest BCUT2D eigenvalue weighted by Gasteiger charge is 2.33. The second kappa shape index (κ2) is 7.09. The van der Waals surface area contributed by atoms with Gasteiger partial charge in [0.1, 0.15) is 0 Å². The normalized spacial score (nSPS) is 26.8. The SMILES string of the molecule is COC1(C)CCN(Cc2ccc(S(=O)(=O)N3CCOCC3)cc2)C1. The topological polar surface area (TPSA) is 59.1 Å². The van der Waals surface area contributed by atoms with E-state index in [0.717, 1.165) is 31.6 Å². The Morgan fingerprint density at radius 1 is 1.17 bits per heavy atom. The maximum atomic E-state index is 12.6. The molecule has 0 N–H and O–H groups in total. The molecule has 3 rings (SSSR count). The third-order valence-electron chi connectivity index (χ3n) is 4.95. The van der Waals surface area contributed by atoms with Gasteiger partial charge in [-0.15, -0.1) is 0 Å². The largest absolute Gasteiger partial charge is 0.379 e. The maximum absolute atomic E-state index is 12.6. The van der Waals surface area contributed by atoms with Crippen LogP contribution >= 0.6 is 0 Å². The average Bonchev–Trinajstić information content (AvgIpc) is 2.98. The van der Waals surface area contributed by atoms with Gasteiger partial charge in [0.2, 0.25) is 10.0 Å². The van der Waals surface area contributed by atoms with E-state index in [4.69, 9.17) is 9.47 Å². The molecule has 1 aromatic carbocycles. The van der Waals surface area contributed by atoms with E-state index in [9.17, 15) is 8.42 Å². The summed E-state index contributed by atoms with van der Waals surface area (Å²) < 4.78 is 37.5. The summed E-state index contributed by atoms with van der Waals surface area (Å²) in [4.78, 5) is 2.70. The first-order valence-electron chi connectivity index (χ1n) is 8.37. The van der Waals surface area contributed by atoms with Gasteiger partial charge in [-0.2, -0.15) is 4.31 Å². The second-order valence-corrected chi connectivity index (χ2v) is 8.71. The second-order valence-electron chi connectivity index (χ2n) is 6.78. The van der Waals surface area contributed by atoms with Crippen LogP contribution in [0.3, 0.4) is 0 Å². The molecule has 2 fully saturated rings. The van der Waals surface area contributed by atoms with Crippen molar-refractivity contribution in [1.82, 2.24) is 9.21 Å². The van der Waals surface area contributed by atoms with Crippen molar-refractivity contribution < 1.29 is 17.9 Å². The summed E-state index contributed by atoms with van der Waals surface area (Å²) in [6.45, 7) is 6.62. The van der Waals surface area contributed by atoms with Crippen LogP contribution in [0.25, 0.3) is 0 Å². The number of morpholine rings is 1. The molecule has 1 unspecified atom stereocenters. The highest BCUT2D eigenvalue weighted by Crippen LogP contribution is 2.26. The number of hydrogen-bond donors (Lipinski definition) is 0. The molecule has 24 heavy (non-hydrogen) atoms. The Morgan fingerprint density at radius 2 is 1.83 bits per heavy atom. The summed E-state index contributed by atoms with van der Waals surface area (Å²) in [5, 5.41) is 0. The summed E-state index contributed by atoms with van der Waals surface area (Å²) in [5.74, 6) is 0. The Labute approximate surface area is 144 Å². The predicted molar refractivity (Wildman–Crippen MR) is 91.3 cm³/mol. The van der Waals surface area contributed by atoms with Crippen molar-refractivity contribution in [3.05, 3.63) is 29.8 Å². The van der Waals surface area contributed by atoms with Gasteiger partial charge in [-0.25, -0.2) is 8.42 Å². The molecule has 1 atom stereocenters. The first-order chi connectivity index (χ1) is 11.4. The predicted octanol–water partition coefficient (Wildman–Crippen LogP) is 1.32. The Bertz CT molecular complexity index is 656. The van der Waals surface area contributed by atoms with E-state index in [2.05, 4.69) is 11.8 Å². The lowest BCUT2D eigenvalue weighted by atomic mass is 10.1. The van der Waals surface area contributed by atoms with Crippen LogP contribution in [0, 0.1) is 0 Å². The molecule has 7 heteroatoms. The summed E-state index contributed by atoms with van der Waals surface area (Å²) in [5.41, 5.74) is 1.05. The molecule has 1 aromatic rings. The molecule has 2 saturated heterocycles. The molecular weight excluding hydrogens is 328 g/mol. The zero-order valence-corrected chi connectivity index (χ0v) is 15.2. The molecule has 0 saturated carbocycles. The van der Waals surface area contributed by atoms with Crippen LogP contribution in [0.4, 0.5) is 0 Å². The lowest BCUT2D eigenvalue weighted by Crippen LogP contribution is -2.40. The molecule has 134 valence electrons. The van der Waals surface area contributed by atoms with Crippen molar-refractivity contribution >= 4 is 10.0 Å². The van der Waals surface area contributed by atoms with Crippen molar-refractivity contribution in [2.45, 2.75) is 30.4 Å². The number of nitrogens with zero attached hydrogens (tertiary/aromatic N) is 2. The third-order valence-corrected chi connectivity index (χ3v) is 6.86. The van der Waals surface area contributed by atoms with Crippen LogP contribution in [0.1, 0.15) is 18.9 Å². The molecule has 0 amide bonds. The molecular formula is C17H26N2O4S. The Kier molecular flexibility index (Phi) is 5.27. The van der Waals surface area contributed by atoms with E-state index in [1.165, 1.54) is 4.31 Å². The van der Waals surface area contributed by atoms with E-state index in [0.29, 0.717) is 31.2 Å². The van der Waals surface area contributed by atoms with Gasteiger partial charge in [-0.05, 0) is 31.0 Å². The van der Waals surface area contributed by atoms with Crippen molar-refractivity contribution in [2.24, 2.45) is 0 Å². The minimum Gasteiger partial charge on any atom is -0.379 e. The molecule has 2 aliphatic rings. The Hall–Kier alpha value is -0.990. The van der Waals surface area contributed by atoms with Crippen molar-refractivity contribution in [3.8, 4) is 0 Å². The monoisotopic (exact) mass is 354 g/mol. The maximum Gasteiger partial charge on any atom is 0.243 e. The van der Waals surface area contributed by atoms with Gasteiger partial charge in [0.05, 0.1) is 23.7 Å². The van der Waals surface area contributed by atoms with Gasteiger partial charge < -0.3 is 9.47 Å². The van der Waals surface area contributed by atoms with Crippen LogP contribution in [0.15, 0.2) is 29.2 Å². The molecule has 6 nitrogen and oxygen atoms in total. The number of rotatable bonds is 5. The zero-order valence-electron chi connectivity index (χ0n) is 14.4. The summed E-state index contributed by atoms with van der Waals surface area (Å²) in [7, 11) is -1.65. The minimum atomic E-state index is -3.41. The fraction of sp³-hybridized carbons (Fsp3) is 0.647. The first-order valence-corrected chi connectivity index (χ1v) is 9.81. The number of benzene rings is 1. The quantitative estimate of drug-likeness (QED) is 0.798. The fourth-order valence-electron chi connectivity index (χ4n) is 3.29. The van der Waals surface area contributed by atoms with Gasteiger partial charge in [-0.1, -0.05) is 12.1 Å². The van der Waals surface area contributed by atoms with E-state index >= 15 is 0 Å². The van der Waals surface area contributed by atoms with E-state index in [-0.39, 0.29) is 5.60 Å². The highest BCUT2D eigenvalue weighted by molar-refractivity contribution is 7.89. The van der Waals surface area contributed by atoms with Gasteiger partial charge >= 0.3 is 0 Å².